The Hall–Kier alpha value is -3.52. The maximum absolute atomic E-state index is 13.4. The average Bonchev–Trinajstić information content (AvgIpc) is 2.88. The molecule has 0 bridgehead atoms. The number of allylic oxidation sites excluding steroid dienone is 1. The number of aromatic amines is 1. The van der Waals surface area contributed by atoms with Crippen LogP contribution < -0.4 is 15.8 Å². The first-order valence-corrected chi connectivity index (χ1v) is 12.7. The summed E-state index contributed by atoms with van der Waals surface area (Å²) in [5.74, 6) is 0.0858. The number of nitrogens with zero attached hydrogens (tertiary/aromatic N) is 2. The summed E-state index contributed by atoms with van der Waals surface area (Å²) in [6.07, 6.45) is 0. The molecule has 3 aromatic rings. The molecule has 4 rings (SSSR count). The van der Waals surface area contributed by atoms with Crippen molar-refractivity contribution in [2.24, 2.45) is 0 Å². The van der Waals surface area contributed by atoms with E-state index in [0.717, 1.165) is 29.9 Å². The molecule has 0 spiro atoms. The van der Waals surface area contributed by atoms with Crippen LogP contribution in [-0.2, 0) is 15.3 Å². The number of nitrogens with one attached hydrogen (secondary N) is 2. The molecule has 2 aromatic carbocycles. The second-order valence-corrected chi connectivity index (χ2v) is 9.22. The van der Waals surface area contributed by atoms with Crippen LogP contribution in [0.4, 0.5) is 11.5 Å². The molecule has 8 heteroatoms. The third kappa shape index (κ3) is 5.12. The number of fused-ring (bicyclic) bond motifs is 1. The summed E-state index contributed by atoms with van der Waals surface area (Å²) in [6.45, 7) is 7.82. The van der Waals surface area contributed by atoms with Gasteiger partial charge in [-0.2, -0.15) is 0 Å². The van der Waals surface area contributed by atoms with E-state index in [4.69, 9.17) is 9.72 Å². The molecule has 0 saturated heterocycles. The van der Waals surface area contributed by atoms with Crippen LogP contribution in [0.15, 0.2) is 75.8 Å². The van der Waals surface area contributed by atoms with Crippen LogP contribution in [-0.4, -0.2) is 36.1 Å². The summed E-state index contributed by atoms with van der Waals surface area (Å²) in [5.41, 5.74) is 4.24. The Balaban J connectivity index is 1.75. The van der Waals surface area contributed by atoms with Crippen LogP contribution in [0.3, 0.4) is 0 Å². The summed E-state index contributed by atoms with van der Waals surface area (Å²) < 4.78 is 5.09. The molecule has 1 unspecified atom stereocenters. The summed E-state index contributed by atoms with van der Waals surface area (Å²) in [7, 11) is 1.35. The quantitative estimate of drug-likeness (QED) is 0.263. The SMILES string of the molecule is CCN(CC)c1ccc(C2C(C(=O)OC)=C(C)Nc3nc(SCc4ccccc4)[nH]c(=O)c32)cc1. The van der Waals surface area contributed by atoms with Gasteiger partial charge >= 0.3 is 5.97 Å². The molecule has 2 heterocycles. The van der Waals surface area contributed by atoms with E-state index in [1.807, 2.05) is 61.5 Å². The van der Waals surface area contributed by atoms with Crippen LogP contribution in [0.5, 0.6) is 0 Å². The molecule has 1 aromatic heterocycles. The number of benzene rings is 2. The maximum atomic E-state index is 13.4. The zero-order chi connectivity index (χ0) is 24.9. The minimum Gasteiger partial charge on any atom is -0.466 e. The van der Waals surface area contributed by atoms with Crippen LogP contribution in [0.1, 0.15) is 43.4 Å². The number of methoxy groups -OCH3 is 1. The van der Waals surface area contributed by atoms with E-state index < -0.39 is 11.9 Å². The van der Waals surface area contributed by atoms with Crippen LogP contribution in [0.25, 0.3) is 0 Å². The largest absolute Gasteiger partial charge is 0.466 e. The molecule has 182 valence electrons. The van der Waals surface area contributed by atoms with Gasteiger partial charge in [-0.1, -0.05) is 54.2 Å². The van der Waals surface area contributed by atoms with Gasteiger partial charge in [0, 0.05) is 30.2 Å². The normalized spacial score (nSPS) is 14.8. The van der Waals surface area contributed by atoms with Gasteiger partial charge < -0.3 is 19.9 Å². The molecule has 0 amide bonds. The lowest BCUT2D eigenvalue weighted by molar-refractivity contribution is -0.136. The van der Waals surface area contributed by atoms with Gasteiger partial charge in [0.2, 0.25) is 0 Å². The first kappa shape index (κ1) is 24.6. The number of ether oxygens (including phenoxy) is 1. The standard InChI is InChI=1S/C27H30N4O3S/c1-5-31(6-2)20-14-12-19(13-15-20)22-21(26(33)34-4)17(3)28-24-23(22)25(32)30-27(29-24)35-16-18-10-8-7-9-11-18/h7-15,22H,5-6,16H2,1-4H3,(H2,28,29,30,32). The molecule has 35 heavy (non-hydrogen) atoms. The lowest BCUT2D eigenvalue weighted by atomic mass is 9.82. The Kier molecular flexibility index (Phi) is 7.60. The van der Waals surface area contributed by atoms with E-state index in [0.29, 0.717) is 33.6 Å². The van der Waals surface area contributed by atoms with E-state index in [1.54, 1.807) is 0 Å². The Bertz CT molecular complexity index is 1280. The van der Waals surface area contributed by atoms with Crippen LogP contribution >= 0.6 is 11.8 Å². The number of rotatable bonds is 8. The third-order valence-corrected chi connectivity index (χ3v) is 7.14. The topological polar surface area (TPSA) is 87.3 Å². The number of H-pyrrole nitrogens is 1. The van der Waals surface area contributed by atoms with Crippen molar-refractivity contribution in [2.75, 3.05) is 30.4 Å². The molecule has 7 nitrogen and oxygen atoms in total. The number of hydrogen-bond donors (Lipinski definition) is 2. The van der Waals surface area contributed by atoms with Crippen molar-refractivity contribution in [2.45, 2.75) is 37.6 Å². The van der Waals surface area contributed by atoms with Crippen molar-refractivity contribution in [3.8, 4) is 0 Å². The van der Waals surface area contributed by atoms with Crippen LogP contribution in [0, 0.1) is 0 Å². The highest BCUT2D eigenvalue weighted by atomic mass is 32.2. The first-order chi connectivity index (χ1) is 17.0. The van der Waals surface area contributed by atoms with E-state index in [9.17, 15) is 9.59 Å². The van der Waals surface area contributed by atoms with Gasteiger partial charge in [-0.25, -0.2) is 9.78 Å². The van der Waals surface area contributed by atoms with Crippen molar-refractivity contribution in [3.05, 3.63) is 92.9 Å². The van der Waals surface area contributed by atoms with Crippen LogP contribution in [0.2, 0.25) is 0 Å². The predicted octanol–water partition coefficient (Wildman–Crippen LogP) is 4.91. The van der Waals surface area contributed by atoms with Gasteiger partial charge in [-0.3, -0.25) is 4.79 Å². The number of carbonyl (C=O) groups excluding carboxylic acids is 1. The molecule has 1 atom stereocenters. The minimum absolute atomic E-state index is 0.273. The van der Waals surface area contributed by atoms with Gasteiger partial charge in [-0.15, -0.1) is 0 Å². The highest BCUT2D eigenvalue weighted by molar-refractivity contribution is 7.98. The van der Waals surface area contributed by atoms with Crippen molar-refractivity contribution >= 4 is 29.2 Å². The number of anilines is 2. The number of aromatic nitrogens is 2. The molecular formula is C27H30N4O3S. The first-order valence-electron chi connectivity index (χ1n) is 11.7. The van der Waals surface area contributed by atoms with E-state index in [-0.39, 0.29) is 5.56 Å². The molecule has 1 aliphatic rings. The monoisotopic (exact) mass is 490 g/mol. The minimum atomic E-state index is -0.589. The fourth-order valence-electron chi connectivity index (χ4n) is 4.41. The fraction of sp³-hybridized carbons (Fsp3) is 0.296. The number of hydrogen-bond acceptors (Lipinski definition) is 7. The van der Waals surface area contributed by atoms with Crippen molar-refractivity contribution < 1.29 is 9.53 Å². The zero-order valence-electron chi connectivity index (χ0n) is 20.4. The van der Waals surface area contributed by atoms with Gasteiger partial charge in [0.1, 0.15) is 5.82 Å². The zero-order valence-corrected chi connectivity index (χ0v) is 21.2. The van der Waals surface area contributed by atoms with Crippen molar-refractivity contribution in [1.82, 2.24) is 9.97 Å². The summed E-state index contributed by atoms with van der Waals surface area (Å²) >= 11 is 1.46. The third-order valence-electron chi connectivity index (χ3n) is 6.20. The Morgan fingerprint density at radius 3 is 2.40 bits per heavy atom. The molecule has 1 aliphatic heterocycles. The molecule has 0 fully saturated rings. The van der Waals surface area contributed by atoms with E-state index in [2.05, 4.69) is 29.0 Å². The van der Waals surface area contributed by atoms with Gasteiger partial charge in [0.25, 0.3) is 5.56 Å². The predicted molar refractivity (Wildman–Crippen MR) is 141 cm³/mol. The Morgan fingerprint density at radius 1 is 1.09 bits per heavy atom. The maximum Gasteiger partial charge on any atom is 0.336 e. The Morgan fingerprint density at radius 2 is 1.77 bits per heavy atom. The molecular weight excluding hydrogens is 460 g/mol. The molecule has 0 saturated carbocycles. The van der Waals surface area contributed by atoms with Gasteiger partial charge in [0.15, 0.2) is 5.16 Å². The smallest absolute Gasteiger partial charge is 0.336 e. The summed E-state index contributed by atoms with van der Waals surface area (Å²) in [5, 5.41) is 3.70. The van der Waals surface area contributed by atoms with E-state index in [1.165, 1.54) is 18.9 Å². The lowest BCUT2D eigenvalue weighted by Gasteiger charge is -2.29. The van der Waals surface area contributed by atoms with Gasteiger partial charge in [0.05, 0.1) is 24.2 Å². The number of carbonyl (C=O) groups is 1. The van der Waals surface area contributed by atoms with E-state index >= 15 is 0 Å². The molecule has 0 radical (unpaired) electrons. The number of esters is 1. The number of thioether (sulfide) groups is 1. The highest BCUT2D eigenvalue weighted by Crippen LogP contribution is 2.40. The second kappa shape index (κ2) is 10.8. The fourth-order valence-corrected chi connectivity index (χ4v) is 5.22. The molecule has 0 aliphatic carbocycles. The average molecular weight is 491 g/mol. The summed E-state index contributed by atoms with van der Waals surface area (Å²) in [6, 6.07) is 18.0. The van der Waals surface area contributed by atoms with Crippen molar-refractivity contribution in [1.29, 1.82) is 0 Å². The van der Waals surface area contributed by atoms with Crippen molar-refractivity contribution in [3.63, 3.8) is 0 Å². The second-order valence-electron chi connectivity index (χ2n) is 8.26. The van der Waals surface area contributed by atoms with Gasteiger partial charge in [-0.05, 0) is 44.0 Å². The molecule has 2 N–H and O–H groups in total. The highest BCUT2D eigenvalue weighted by Gasteiger charge is 2.36. The summed E-state index contributed by atoms with van der Waals surface area (Å²) in [4.78, 5) is 36.1. The lowest BCUT2D eigenvalue weighted by Crippen LogP contribution is -2.31. The Labute approximate surface area is 209 Å².